The lowest BCUT2D eigenvalue weighted by atomic mass is 9.79. The molecule has 0 aliphatic rings. The summed E-state index contributed by atoms with van der Waals surface area (Å²) in [6, 6.07) is 1.16. The molecule has 0 bridgehead atoms. The molecule has 106 valence electrons. The monoisotopic (exact) mass is 287 g/mol. The predicted octanol–water partition coefficient (Wildman–Crippen LogP) is 2.43. The molecule has 0 atom stereocenters. The molecule has 0 spiro atoms. The van der Waals surface area contributed by atoms with E-state index >= 15 is 0 Å². The van der Waals surface area contributed by atoms with Crippen LogP contribution in [-0.2, 0) is 4.74 Å². The van der Waals surface area contributed by atoms with Crippen molar-refractivity contribution >= 4 is 18.4 Å². The van der Waals surface area contributed by atoms with Crippen LogP contribution in [-0.4, -0.2) is 26.4 Å². The molecule has 0 saturated heterocycles. The quantitative estimate of drug-likeness (QED) is 0.486. The summed E-state index contributed by atoms with van der Waals surface area (Å²) >= 11 is 0. The lowest BCUT2D eigenvalue weighted by Crippen LogP contribution is -2.34. The Kier molecular flexibility index (Phi) is 4.01. The Bertz CT molecular complexity index is 482. The number of rotatable bonds is 3. The fraction of sp³-hybridized carbons (Fsp3) is 0.222. The lowest BCUT2D eigenvalue weighted by Gasteiger charge is -2.18. The Balaban J connectivity index is 3.30. The molecule has 3 nitrogen and oxygen atoms in total. The van der Waals surface area contributed by atoms with Crippen LogP contribution >= 0.6 is 0 Å². The van der Waals surface area contributed by atoms with Crippen LogP contribution in [0, 0.1) is 0 Å². The molecule has 0 fully saturated rings. The van der Waals surface area contributed by atoms with Gasteiger partial charge in [0, 0.05) is 0 Å². The Labute approximate surface area is 103 Å². The van der Waals surface area contributed by atoms with Crippen LogP contribution in [0.3, 0.4) is 0 Å². The number of hydrogen-bond donors (Lipinski definition) is 0. The Morgan fingerprint density at radius 1 is 1.21 bits per heavy atom. The van der Waals surface area contributed by atoms with Gasteiger partial charge in [0.1, 0.15) is 11.3 Å². The number of halogens is 6. The van der Waals surface area contributed by atoms with Crippen molar-refractivity contribution in [3.8, 4) is 5.75 Å². The summed E-state index contributed by atoms with van der Waals surface area (Å²) in [7, 11) is 0.876. The van der Waals surface area contributed by atoms with E-state index in [1.54, 1.807) is 0 Å². The Hall–Kier alpha value is -1.87. The van der Waals surface area contributed by atoms with Gasteiger partial charge in [-0.2, -0.15) is 0 Å². The zero-order valence-corrected chi connectivity index (χ0v) is 9.30. The minimum Gasteiger partial charge on any atom is -0.465 e. The first kappa shape index (κ1) is 15.2. The third kappa shape index (κ3) is 4.07. The maximum atomic E-state index is 12.4. The van der Waals surface area contributed by atoms with Gasteiger partial charge in [0.25, 0.3) is 0 Å². The van der Waals surface area contributed by atoms with Crippen molar-refractivity contribution in [2.24, 2.45) is 0 Å². The highest BCUT2D eigenvalue weighted by molar-refractivity contribution is 6.73. The molecule has 0 unspecified atom stereocenters. The summed E-state index contributed by atoms with van der Waals surface area (Å²) in [5, 5.41) is 0. The first-order valence-electron chi connectivity index (χ1n) is 4.72. The first-order valence-corrected chi connectivity index (χ1v) is 4.72. The molecule has 0 amide bonds. The van der Waals surface area contributed by atoms with E-state index in [4.69, 9.17) is 0 Å². The smallest absolute Gasteiger partial charge is 0.465 e. The van der Waals surface area contributed by atoms with Gasteiger partial charge < -0.3 is 22.4 Å². The molecule has 0 saturated carbocycles. The molecule has 19 heavy (non-hydrogen) atoms. The van der Waals surface area contributed by atoms with E-state index in [1.165, 1.54) is 0 Å². The van der Waals surface area contributed by atoms with Crippen molar-refractivity contribution in [1.29, 1.82) is 0 Å². The maximum absolute atomic E-state index is 12.4. The summed E-state index contributed by atoms with van der Waals surface area (Å²) in [5.41, 5.74) is -2.06. The fourth-order valence-corrected chi connectivity index (χ4v) is 1.23. The van der Waals surface area contributed by atoms with E-state index in [9.17, 15) is 30.9 Å². The third-order valence-electron chi connectivity index (χ3n) is 2.01. The van der Waals surface area contributed by atoms with Crippen LogP contribution in [0.2, 0.25) is 0 Å². The number of esters is 1. The minimum absolute atomic E-state index is 0.111. The van der Waals surface area contributed by atoms with Gasteiger partial charge in [0.15, 0.2) is 0 Å². The second-order valence-electron chi connectivity index (χ2n) is 3.37. The van der Waals surface area contributed by atoms with Crippen molar-refractivity contribution in [3.05, 3.63) is 23.8 Å². The fourth-order valence-electron chi connectivity index (χ4n) is 1.23. The highest BCUT2D eigenvalue weighted by Gasteiger charge is 2.34. The molecule has 1 aromatic rings. The highest BCUT2D eigenvalue weighted by atomic mass is 19.4. The van der Waals surface area contributed by atoms with E-state index in [0.717, 1.165) is 7.11 Å². The summed E-state index contributed by atoms with van der Waals surface area (Å²) in [6.45, 7) is -5.51. The van der Waals surface area contributed by atoms with Crippen LogP contribution in [0.5, 0.6) is 5.75 Å². The van der Waals surface area contributed by atoms with Gasteiger partial charge in [0.05, 0.1) is 7.11 Å². The van der Waals surface area contributed by atoms with Gasteiger partial charge in [-0.1, -0.05) is 6.07 Å². The minimum atomic E-state index is -5.51. The average molecular weight is 287 g/mol. The second-order valence-corrected chi connectivity index (χ2v) is 3.37. The van der Waals surface area contributed by atoms with E-state index in [2.05, 4.69) is 9.47 Å². The molecule has 0 aliphatic carbocycles. The third-order valence-corrected chi connectivity index (χ3v) is 2.01. The lowest BCUT2D eigenvalue weighted by molar-refractivity contribution is -0.274. The van der Waals surface area contributed by atoms with Gasteiger partial charge in [-0.05, 0) is 12.1 Å². The summed E-state index contributed by atoms with van der Waals surface area (Å²) in [5.74, 6) is -2.49. The number of methoxy groups -OCH3 is 1. The topological polar surface area (TPSA) is 35.5 Å². The zero-order chi connectivity index (χ0) is 14.8. The highest BCUT2D eigenvalue weighted by Crippen LogP contribution is 2.27. The maximum Gasteiger partial charge on any atom is 0.573 e. The first-order chi connectivity index (χ1) is 8.54. The van der Waals surface area contributed by atoms with Crippen molar-refractivity contribution < 1.29 is 40.4 Å². The molecule has 0 N–H and O–H groups in total. The van der Waals surface area contributed by atoms with Crippen LogP contribution < -0.4 is 10.2 Å². The van der Waals surface area contributed by atoms with Gasteiger partial charge in [0.2, 0.25) is 0 Å². The Morgan fingerprint density at radius 3 is 2.21 bits per heavy atom. The van der Waals surface area contributed by atoms with Crippen molar-refractivity contribution in [2.75, 3.05) is 7.11 Å². The van der Waals surface area contributed by atoms with Gasteiger partial charge in [-0.3, -0.25) is 0 Å². The molecule has 1 aromatic carbocycles. The van der Waals surface area contributed by atoms with Crippen molar-refractivity contribution in [2.45, 2.75) is 6.36 Å². The summed E-state index contributed by atoms with van der Waals surface area (Å²) in [6.07, 6.45) is -5.22. The number of ether oxygens (including phenoxy) is 2. The summed E-state index contributed by atoms with van der Waals surface area (Å²) in [4.78, 5) is 11.1. The number of carbonyl (C=O) groups excluding carboxylic acids is 1. The molecule has 0 aromatic heterocycles. The molecule has 0 aliphatic heterocycles. The molecule has 10 heteroatoms. The molecule has 1 rings (SSSR count). The number of hydrogen-bond acceptors (Lipinski definition) is 3. The molecule has 0 heterocycles. The van der Waals surface area contributed by atoms with Crippen LogP contribution in [0.25, 0.3) is 0 Å². The van der Waals surface area contributed by atoms with E-state index in [0.29, 0.717) is 12.1 Å². The van der Waals surface area contributed by atoms with Crippen LogP contribution in [0.4, 0.5) is 26.1 Å². The number of benzene rings is 1. The second kappa shape index (κ2) is 5.02. The average Bonchev–Trinajstić information content (AvgIpc) is 2.24. The largest absolute Gasteiger partial charge is 0.573 e. The van der Waals surface area contributed by atoms with Crippen LogP contribution in [0.1, 0.15) is 10.4 Å². The van der Waals surface area contributed by atoms with Crippen molar-refractivity contribution in [1.82, 2.24) is 0 Å². The van der Waals surface area contributed by atoms with Gasteiger partial charge in [-0.25, -0.2) is 4.79 Å². The number of carbonyl (C=O) groups is 1. The van der Waals surface area contributed by atoms with Gasteiger partial charge in [-0.15, -0.1) is 18.6 Å². The predicted molar refractivity (Wildman–Crippen MR) is 53.2 cm³/mol. The standard InChI is InChI=1S/C9H6BF6O3/c1-18-8(17)6-3-2-5(10(14,15)16)4-7(6)19-9(11,12)13/h2-4H,1H3/q-1. The normalized spacial score (nSPS) is 12.2. The number of alkyl halides is 3. The Morgan fingerprint density at radius 2 is 1.79 bits per heavy atom. The molecule has 0 radical (unpaired) electrons. The SMILES string of the molecule is COC(=O)c1ccc([B-](F)(F)F)cc1OC(F)(F)F. The molecular weight excluding hydrogens is 281 g/mol. The zero-order valence-electron chi connectivity index (χ0n) is 9.30. The van der Waals surface area contributed by atoms with E-state index < -0.39 is 36.1 Å². The van der Waals surface area contributed by atoms with Crippen LogP contribution in [0.15, 0.2) is 18.2 Å². The van der Waals surface area contributed by atoms with Crippen molar-refractivity contribution in [3.63, 3.8) is 0 Å². The van der Waals surface area contributed by atoms with E-state index in [-0.39, 0.29) is 6.07 Å². The molecular formula is C9H6BF6O3-. The van der Waals surface area contributed by atoms with Gasteiger partial charge >= 0.3 is 19.3 Å². The summed E-state index contributed by atoms with van der Waals surface area (Å²) < 4.78 is 81.0. The van der Waals surface area contributed by atoms with E-state index in [1.807, 2.05) is 0 Å².